The molecule has 2 aromatic carbocycles. The minimum Gasteiger partial charge on any atom is -0.302 e. The van der Waals surface area contributed by atoms with Crippen LogP contribution >= 0.6 is 35.5 Å². The number of hydrogen-bond donors (Lipinski definition) is 0. The number of halogens is 1. The lowest BCUT2D eigenvalue weighted by atomic mass is 10.2. The van der Waals surface area contributed by atoms with E-state index in [-0.39, 0.29) is 18.3 Å². The smallest absolute Gasteiger partial charge is 0.260 e. The van der Waals surface area contributed by atoms with Gasteiger partial charge in [-0.3, -0.25) is 9.69 Å². The molecular weight excluding hydrogens is 434 g/mol. The van der Waals surface area contributed by atoms with Gasteiger partial charge < -0.3 is 4.90 Å². The molecule has 1 aromatic heterocycles. The first-order valence-corrected chi connectivity index (χ1v) is 12.0. The van der Waals surface area contributed by atoms with Crippen LogP contribution in [0.5, 0.6) is 0 Å². The number of benzene rings is 2. The van der Waals surface area contributed by atoms with Gasteiger partial charge in [0.1, 0.15) is 0 Å². The number of carbonyl (C=O) groups excluding carboxylic acids is 1. The van der Waals surface area contributed by atoms with Gasteiger partial charge in [0.25, 0.3) is 5.91 Å². The van der Waals surface area contributed by atoms with Crippen LogP contribution in [0.3, 0.4) is 0 Å². The molecule has 0 saturated heterocycles. The van der Waals surface area contributed by atoms with Crippen molar-refractivity contribution >= 4 is 56.8 Å². The zero-order chi connectivity index (χ0) is 20.8. The highest BCUT2D eigenvalue weighted by molar-refractivity contribution is 7.99. The van der Waals surface area contributed by atoms with Crippen molar-refractivity contribution in [3.8, 4) is 0 Å². The van der Waals surface area contributed by atoms with Gasteiger partial charge in [-0.1, -0.05) is 44.2 Å². The Labute approximate surface area is 194 Å². The summed E-state index contributed by atoms with van der Waals surface area (Å²) < 4.78 is 1.12. The molecule has 4 nitrogen and oxygen atoms in total. The first-order valence-electron chi connectivity index (χ1n) is 10.2. The first kappa shape index (κ1) is 24.7. The van der Waals surface area contributed by atoms with Crippen molar-refractivity contribution in [1.82, 2.24) is 9.88 Å². The first-order chi connectivity index (χ1) is 14.0. The van der Waals surface area contributed by atoms with Crippen molar-refractivity contribution in [2.45, 2.75) is 32.6 Å². The standard InChI is InChI=1S/C23H29N3OS2.ClH/c1-5-25(6-2)13-14-26(22(27)18-9-8-10-19(16-18)28-7-3)23-24-20-12-11-17(4)15-21(20)29-23;/h8-12,15-16H,5-7,13-14H2,1-4H3;1H. The molecule has 0 aliphatic heterocycles. The van der Waals surface area contributed by atoms with Crippen molar-refractivity contribution in [2.75, 3.05) is 36.8 Å². The molecule has 0 spiro atoms. The Kier molecular flexibility index (Phi) is 9.62. The second kappa shape index (κ2) is 11.7. The van der Waals surface area contributed by atoms with Gasteiger partial charge in [-0.15, -0.1) is 24.2 Å². The minimum atomic E-state index is 0. The van der Waals surface area contributed by atoms with Gasteiger partial charge in [0, 0.05) is 23.5 Å². The highest BCUT2D eigenvalue weighted by atomic mass is 35.5. The number of thioether (sulfide) groups is 1. The fraction of sp³-hybridized carbons (Fsp3) is 0.391. The van der Waals surface area contributed by atoms with Crippen LogP contribution in [0, 0.1) is 6.92 Å². The number of aromatic nitrogens is 1. The molecule has 0 radical (unpaired) electrons. The van der Waals surface area contributed by atoms with E-state index < -0.39 is 0 Å². The van der Waals surface area contributed by atoms with Crippen LogP contribution in [0.25, 0.3) is 10.2 Å². The Hall–Kier alpha value is -1.60. The maximum Gasteiger partial charge on any atom is 0.260 e. The predicted octanol–water partition coefficient (Wildman–Crippen LogP) is 6.13. The van der Waals surface area contributed by atoms with E-state index in [1.165, 1.54) is 5.56 Å². The molecule has 7 heteroatoms. The van der Waals surface area contributed by atoms with Crippen LogP contribution in [0.1, 0.15) is 36.7 Å². The summed E-state index contributed by atoms with van der Waals surface area (Å²) in [5, 5.41) is 0.774. The molecule has 0 unspecified atom stereocenters. The molecule has 3 aromatic rings. The van der Waals surface area contributed by atoms with Crippen molar-refractivity contribution < 1.29 is 4.79 Å². The van der Waals surface area contributed by atoms with Gasteiger partial charge >= 0.3 is 0 Å². The number of likely N-dealkylation sites (N-methyl/N-ethyl adjacent to an activating group) is 1. The second-order valence-electron chi connectivity index (χ2n) is 6.91. The molecule has 0 aliphatic carbocycles. The number of nitrogens with zero attached hydrogens (tertiary/aromatic N) is 3. The fourth-order valence-electron chi connectivity index (χ4n) is 3.24. The molecule has 0 atom stereocenters. The Morgan fingerprint density at radius 1 is 1.07 bits per heavy atom. The molecular formula is C23H30ClN3OS2. The highest BCUT2D eigenvalue weighted by Crippen LogP contribution is 2.31. The van der Waals surface area contributed by atoms with Crippen LogP contribution < -0.4 is 4.90 Å². The van der Waals surface area contributed by atoms with E-state index in [4.69, 9.17) is 4.98 Å². The van der Waals surface area contributed by atoms with Gasteiger partial charge in [0.2, 0.25) is 0 Å². The van der Waals surface area contributed by atoms with Crippen molar-refractivity contribution in [3.63, 3.8) is 0 Å². The van der Waals surface area contributed by atoms with E-state index in [1.54, 1.807) is 23.1 Å². The van der Waals surface area contributed by atoms with Gasteiger partial charge in [-0.25, -0.2) is 4.98 Å². The van der Waals surface area contributed by atoms with Gasteiger partial charge in [0.05, 0.1) is 10.2 Å². The normalized spacial score (nSPS) is 11.0. The van der Waals surface area contributed by atoms with Crippen molar-refractivity contribution in [2.24, 2.45) is 0 Å². The second-order valence-corrected chi connectivity index (χ2v) is 9.26. The lowest BCUT2D eigenvalue weighted by Gasteiger charge is -2.25. The van der Waals surface area contributed by atoms with Crippen LogP contribution in [-0.2, 0) is 0 Å². The lowest BCUT2D eigenvalue weighted by molar-refractivity contribution is 0.0983. The van der Waals surface area contributed by atoms with E-state index in [1.807, 2.05) is 29.2 Å². The zero-order valence-electron chi connectivity index (χ0n) is 18.1. The third-order valence-electron chi connectivity index (χ3n) is 4.93. The maximum atomic E-state index is 13.5. The molecule has 0 N–H and O–H groups in total. The summed E-state index contributed by atoms with van der Waals surface area (Å²) in [6.07, 6.45) is 0. The topological polar surface area (TPSA) is 36.4 Å². The SMILES string of the molecule is CCSc1cccc(C(=O)N(CCN(CC)CC)c2nc3ccc(C)cc3s2)c1.Cl. The monoisotopic (exact) mass is 463 g/mol. The van der Waals surface area contributed by atoms with Gasteiger partial charge in [-0.2, -0.15) is 0 Å². The quantitative estimate of drug-likeness (QED) is 0.358. The van der Waals surface area contributed by atoms with Gasteiger partial charge in [0.15, 0.2) is 5.13 Å². The number of carbonyl (C=O) groups is 1. The molecule has 30 heavy (non-hydrogen) atoms. The van der Waals surface area contributed by atoms with E-state index >= 15 is 0 Å². The summed E-state index contributed by atoms with van der Waals surface area (Å²) in [4.78, 5) is 23.6. The molecule has 1 heterocycles. The van der Waals surface area contributed by atoms with E-state index in [0.29, 0.717) is 6.54 Å². The summed E-state index contributed by atoms with van der Waals surface area (Å²) in [5.74, 6) is 1.01. The van der Waals surface area contributed by atoms with Crippen LogP contribution in [0.4, 0.5) is 5.13 Å². The summed E-state index contributed by atoms with van der Waals surface area (Å²) in [7, 11) is 0. The highest BCUT2D eigenvalue weighted by Gasteiger charge is 2.22. The molecule has 0 fully saturated rings. The molecule has 0 aliphatic rings. The molecule has 1 amide bonds. The molecule has 3 rings (SSSR count). The Bertz CT molecular complexity index is 972. The Balaban J connectivity index is 0.00000320. The number of aryl methyl sites for hydroxylation is 1. The zero-order valence-corrected chi connectivity index (χ0v) is 20.5. The molecule has 0 saturated carbocycles. The predicted molar refractivity (Wildman–Crippen MR) is 134 cm³/mol. The number of rotatable bonds is 9. The average Bonchev–Trinajstić information content (AvgIpc) is 3.14. The third-order valence-corrected chi connectivity index (χ3v) is 6.85. The van der Waals surface area contributed by atoms with Crippen LogP contribution in [0.15, 0.2) is 47.4 Å². The van der Waals surface area contributed by atoms with Crippen LogP contribution in [-0.4, -0.2) is 47.7 Å². The average molecular weight is 464 g/mol. The Morgan fingerprint density at radius 2 is 1.83 bits per heavy atom. The van der Waals surface area contributed by atoms with E-state index in [2.05, 4.69) is 50.8 Å². The van der Waals surface area contributed by atoms with Crippen LogP contribution in [0.2, 0.25) is 0 Å². The molecule has 162 valence electrons. The number of fused-ring (bicyclic) bond motifs is 1. The number of thiazole rings is 1. The van der Waals surface area contributed by atoms with E-state index in [0.717, 1.165) is 51.2 Å². The summed E-state index contributed by atoms with van der Waals surface area (Å²) in [6, 6.07) is 14.2. The number of amides is 1. The largest absolute Gasteiger partial charge is 0.302 e. The maximum absolute atomic E-state index is 13.5. The van der Waals surface area contributed by atoms with E-state index in [9.17, 15) is 4.79 Å². The molecule has 0 bridgehead atoms. The van der Waals surface area contributed by atoms with Gasteiger partial charge in [-0.05, 0) is 61.7 Å². The number of hydrogen-bond acceptors (Lipinski definition) is 5. The third kappa shape index (κ3) is 5.97. The Morgan fingerprint density at radius 3 is 2.53 bits per heavy atom. The lowest BCUT2D eigenvalue weighted by Crippen LogP contribution is -2.38. The summed E-state index contributed by atoms with van der Waals surface area (Å²) in [6.45, 7) is 11.9. The number of anilines is 1. The minimum absolute atomic E-state index is 0. The van der Waals surface area contributed by atoms with Crippen molar-refractivity contribution in [1.29, 1.82) is 0 Å². The summed E-state index contributed by atoms with van der Waals surface area (Å²) >= 11 is 3.35. The van der Waals surface area contributed by atoms with Crippen molar-refractivity contribution in [3.05, 3.63) is 53.6 Å². The fourth-order valence-corrected chi connectivity index (χ4v) is 5.05. The summed E-state index contributed by atoms with van der Waals surface area (Å²) in [5.41, 5.74) is 2.88.